The van der Waals surface area contributed by atoms with Crippen molar-refractivity contribution in [1.82, 2.24) is 14.9 Å². The number of carboxylic acids is 1. The van der Waals surface area contributed by atoms with E-state index in [0.29, 0.717) is 6.54 Å². The zero-order valence-electron chi connectivity index (χ0n) is 15.9. The summed E-state index contributed by atoms with van der Waals surface area (Å²) in [5, 5.41) is 11.0. The molecule has 3 heterocycles. The van der Waals surface area contributed by atoms with Crippen molar-refractivity contribution in [1.29, 1.82) is 0 Å². The van der Waals surface area contributed by atoms with Crippen LogP contribution in [0, 0.1) is 0 Å². The predicted molar refractivity (Wildman–Crippen MR) is 102 cm³/mol. The molecule has 0 saturated heterocycles. The van der Waals surface area contributed by atoms with Gasteiger partial charge < -0.3 is 14.9 Å². The second-order valence-electron chi connectivity index (χ2n) is 6.24. The van der Waals surface area contributed by atoms with Gasteiger partial charge in [0.2, 0.25) is 0 Å². The Morgan fingerprint density at radius 1 is 1.28 bits per heavy atom. The lowest BCUT2D eigenvalue weighted by molar-refractivity contribution is -0.192. The molecule has 29 heavy (non-hydrogen) atoms. The number of aliphatic carboxylic acids is 1. The van der Waals surface area contributed by atoms with Crippen LogP contribution in [0.4, 0.5) is 19.0 Å². The van der Waals surface area contributed by atoms with Crippen molar-refractivity contribution >= 4 is 29.0 Å². The van der Waals surface area contributed by atoms with Crippen molar-refractivity contribution in [2.75, 3.05) is 31.6 Å². The third-order valence-electron chi connectivity index (χ3n) is 4.40. The smallest absolute Gasteiger partial charge is 0.475 e. The van der Waals surface area contributed by atoms with Gasteiger partial charge in [-0.25, -0.2) is 14.8 Å². The first-order valence-electron chi connectivity index (χ1n) is 8.80. The second kappa shape index (κ2) is 9.68. The molecule has 0 fully saturated rings. The molecule has 11 heteroatoms. The van der Waals surface area contributed by atoms with Crippen molar-refractivity contribution in [3.05, 3.63) is 40.0 Å². The van der Waals surface area contributed by atoms with Gasteiger partial charge in [0.1, 0.15) is 12.1 Å². The number of fused-ring (bicyclic) bond motifs is 1. The minimum absolute atomic E-state index is 0.118. The van der Waals surface area contributed by atoms with Crippen LogP contribution >= 0.6 is 11.3 Å². The Labute approximate surface area is 169 Å². The van der Waals surface area contributed by atoms with Crippen LogP contribution in [-0.4, -0.2) is 64.7 Å². The Hall–Kier alpha value is -2.69. The number of carbonyl (C=O) groups excluding carboxylic acids is 1. The average molecular weight is 430 g/mol. The Morgan fingerprint density at radius 2 is 1.93 bits per heavy atom. The maximum Gasteiger partial charge on any atom is 0.490 e. The summed E-state index contributed by atoms with van der Waals surface area (Å²) in [6.45, 7) is 4.45. The van der Waals surface area contributed by atoms with Crippen LogP contribution in [0.5, 0.6) is 0 Å². The summed E-state index contributed by atoms with van der Waals surface area (Å²) in [5.74, 6) is -1.64. The first-order chi connectivity index (χ1) is 13.6. The van der Waals surface area contributed by atoms with E-state index >= 15 is 0 Å². The molecule has 0 radical (unpaired) electrons. The summed E-state index contributed by atoms with van der Waals surface area (Å²) in [7, 11) is 2.04. The Morgan fingerprint density at radius 3 is 2.48 bits per heavy atom. The quantitative estimate of drug-likeness (QED) is 0.806. The van der Waals surface area contributed by atoms with Crippen LogP contribution < -0.4 is 4.90 Å². The standard InChI is InChI=1S/C16H20N4OS.C2HF3O2/c1-3-19(2)15-13-4-7-20(8-5-14(13)17-11-18-15)16(21)12-6-9-22-10-12;3-2(4,5)1(6)7/h6,9-11H,3-5,7-8H2,1-2H3;(H,6,7). The molecule has 0 spiro atoms. The van der Waals surface area contributed by atoms with E-state index in [1.165, 1.54) is 5.56 Å². The molecular formula is C18H21F3N4O3S. The number of hydrogen-bond acceptors (Lipinski definition) is 6. The number of nitrogens with zero attached hydrogens (tertiary/aromatic N) is 4. The molecule has 0 bridgehead atoms. The van der Waals surface area contributed by atoms with E-state index in [1.54, 1.807) is 17.7 Å². The van der Waals surface area contributed by atoms with Crippen LogP contribution in [0.1, 0.15) is 28.5 Å². The highest BCUT2D eigenvalue weighted by Gasteiger charge is 2.38. The zero-order valence-corrected chi connectivity index (χ0v) is 16.8. The summed E-state index contributed by atoms with van der Waals surface area (Å²) < 4.78 is 31.7. The molecular weight excluding hydrogens is 409 g/mol. The number of anilines is 1. The van der Waals surface area contributed by atoms with E-state index in [0.717, 1.165) is 43.0 Å². The molecule has 0 aromatic carbocycles. The van der Waals surface area contributed by atoms with E-state index < -0.39 is 12.1 Å². The highest BCUT2D eigenvalue weighted by Crippen LogP contribution is 2.23. The first-order valence-corrected chi connectivity index (χ1v) is 9.74. The van der Waals surface area contributed by atoms with Crippen molar-refractivity contribution in [3.63, 3.8) is 0 Å². The van der Waals surface area contributed by atoms with Crippen LogP contribution in [0.3, 0.4) is 0 Å². The zero-order chi connectivity index (χ0) is 21.6. The summed E-state index contributed by atoms with van der Waals surface area (Å²) in [5.41, 5.74) is 3.05. The fraction of sp³-hybridized carbons (Fsp3) is 0.444. The van der Waals surface area contributed by atoms with Gasteiger partial charge in [-0.15, -0.1) is 0 Å². The van der Waals surface area contributed by atoms with Gasteiger partial charge in [0.15, 0.2) is 0 Å². The van der Waals surface area contributed by atoms with E-state index in [-0.39, 0.29) is 5.91 Å². The Kier molecular flexibility index (Phi) is 7.54. The average Bonchev–Trinajstić information content (AvgIpc) is 3.13. The normalized spacial score (nSPS) is 13.6. The molecule has 0 saturated carbocycles. The summed E-state index contributed by atoms with van der Waals surface area (Å²) in [4.78, 5) is 34.4. The van der Waals surface area contributed by atoms with Crippen LogP contribution in [-0.2, 0) is 17.6 Å². The number of carboxylic acid groups (broad SMARTS) is 1. The molecule has 0 aliphatic carbocycles. The maximum absolute atomic E-state index is 12.5. The number of hydrogen-bond donors (Lipinski definition) is 1. The van der Waals surface area contributed by atoms with Crippen molar-refractivity contribution < 1.29 is 27.9 Å². The minimum atomic E-state index is -5.08. The number of halogens is 3. The van der Waals surface area contributed by atoms with Gasteiger partial charge >= 0.3 is 12.1 Å². The fourth-order valence-corrected chi connectivity index (χ4v) is 3.39. The Balaban J connectivity index is 0.000000370. The van der Waals surface area contributed by atoms with Gasteiger partial charge in [-0.05, 0) is 24.8 Å². The predicted octanol–water partition coefficient (Wildman–Crippen LogP) is 2.87. The topological polar surface area (TPSA) is 86.6 Å². The third-order valence-corrected chi connectivity index (χ3v) is 5.08. The van der Waals surface area contributed by atoms with Gasteiger partial charge in [0, 0.05) is 44.0 Å². The van der Waals surface area contributed by atoms with E-state index in [2.05, 4.69) is 21.8 Å². The molecule has 2 aromatic heterocycles. The molecule has 1 amide bonds. The molecule has 0 atom stereocenters. The van der Waals surface area contributed by atoms with E-state index in [9.17, 15) is 18.0 Å². The van der Waals surface area contributed by atoms with Crippen molar-refractivity contribution in [2.45, 2.75) is 25.9 Å². The molecule has 1 aliphatic heterocycles. The molecule has 1 aliphatic rings. The number of thiophene rings is 1. The Bertz CT molecular complexity index is 843. The van der Waals surface area contributed by atoms with Gasteiger partial charge in [-0.1, -0.05) is 0 Å². The molecule has 3 rings (SSSR count). The highest BCUT2D eigenvalue weighted by molar-refractivity contribution is 7.08. The number of rotatable bonds is 3. The molecule has 1 N–H and O–H groups in total. The molecule has 2 aromatic rings. The maximum atomic E-state index is 12.5. The summed E-state index contributed by atoms with van der Waals surface area (Å²) >= 11 is 1.56. The molecule has 158 valence electrons. The van der Waals surface area contributed by atoms with Crippen LogP contribution in [0.15, 0.2) is 23.2 Å². The minimum Gasteiger partial charge on any atom is -0.475 e. The monoisotopic (exact) mass is 430 g/mol. The largest absolute Gasteiger partial charge is 0.490 e. The van der Waals surface area contributed by atoms with E-state index in [4.69, 9.17) is 9.90 Å². The number of carbonyl (C=O) groups is 2. The number of alkyl halides is 3. The van der Waals surface area contributed by atoms with Gasteiger partial charge in [-0.2, -0.15) is 24.5 Å². The van der Waals surface area contributed by atoms with Crippen LogP contribution in [0.25, 0.3) is 0 Å². The van der Waals surface area contributed by atoms with E-state index in [1.807, 2.05) is 28.8 Å². The van der Waals surface area contributed by atoms with Gasteiger partial charge in [0.25, 0.3) is 5.91 Å². The second-order valence-corrected chi connectivity index (χ2v) is 7.02. The lowest BCUT2D eigenvalue weighted by Crippen LogP contribution is -2.33. The fourth-order valence-electron chi connectivity index (χ4n) is 2.76. The lowest BCUT2D eigenvalue weighted by Gasteiger charge is -2.20. The summed E-state index contributed by atoms with van der Waals surface area (Å²) in [6.07, 6.45) is -1.85. The lowest BCUT2D eigenvalue weighted by atomic mass is 10.1. The van der Waals surface area contributed by atoms with Gasteiger partial charge in [-0.3, -0.25) is 4.79 Å². The van der Waals surface area contributed by atoms with Crippen molar-refractivity contribution in [3.8, 4) is 0 Å². The van der Waals surface area contributed by atoms with Crippen LogP contribution in [0.2, 0.25) is 0 Å². The third kappa shape index (κ3) is 5.89. The SMILES string of the molecule is CCN(C)c1ncnc2c1CCN(C(=O)c1ccsc1)CC2.O=C(O)C(F)(F)F. The van der Waals surface area contributed by atoms with Gasteiger partial charge in [0.05, 0.1) is 11.3 Å². The van der Waals surface area contributed by atoms with Crippen molar-refractivity contribution in [2.24, 2.45) is 0 Å². The number of amides is 1. The first kappa shape index (κ1) is 22.6. The molecule has 0 unspecified atom stereocenters. The number of aromatic nitrogens is 2. The summed E-state index contributed by atoms with van der Waals surface area (Å²) in [6, 6.07) is 1.89. The highest BCUT2D eigenvalue weighted by atomic mass is 32.1. The molecule has 7 nitrogen and oxygen atoms in total.